The Kier molecular flexibility index (Phi) is 5.25. The van der Waals surface area contributed by atoms with Crippen molar-refractivity contribution < 1.29 is 27.5 Å². The first-order valence-electron chi connectivity index (χ1n) is 9.51. The molecule has 1 saturated heterocycles. The number of carbonyl (C=O) groups excluding carboxylic acids is 2. The summed E-state index contributed by atoms with van der Waals surface area (Å²) >= 11 is 5.86. The Morgan fingerprint density at radius 2 is 1.83 bits per heavy atom. The molecule has 1 aromatic heterocycles. The SMILES string of the molecule is CC(=O)c1ccn(C(=O)N2C[C@H]3CC(Oc4cc(Cl)ccc4C(F)(F)F)C[C@H]3C2)n1. The Hall–Kier alpha value is -2.55. The molecule has 2 aliphatic rings. The van der Waals surface area contributed by atoms with E-state index in [1.807, 2.05) is 0 Å². The molecule has 1 amide bonds. The second kappa shape index (κ2) is 7.61. The van der Waals surface area contributed by atoms with Crippen molar-refractivity contribution >= 4 is 23.4 Å². The molecule has 1 saturated carbocycles. The summed E-state index contributed by atoms with van der Waals surface area (Å²) in [5.74, 6) is -0.217. The van der Waals surface area contributed by atoms with Crippen LogP contribution in [-0.4, -0.2) is 45.7 Å². The maximum absolute atomic E-state index is 13.2. The molecule has 0 spiro atoms. The second-order valence-electron chi connectivity index (χ2n) is 7.76. The number of likely N-dealkylation sites (tertiary alicyclic amines) is 1. The van der Waals surface area contributed by atoms with E-state index in [0.29, 0.717) is 25.9 Å². The van der Waals surface area contributed by atoms with E-state index >= 15 is 0 Å². The first kappa shape index (κ1) is 20.7. The van der Waals surface area contributed by atoms with Gasteiger partial charge in [0.15, 0.2) is 5.78 Å². The monoisotopic (exact) mass is 441 g/mol. The zero-order valence-electron chi connectivity index (χ0n) is 16.0. The van der Waals surface area contributed by atoms with Crippen molar-refractivity contribution in [3.8, 4) is 5.75 Å². The average Bonchev–Trinajstić information content (AvgIpc) is 3.34. The van der Waals surface area contributed by atoms with Crippen molar-refractivity contribution in [3.63, 3.8) is 0 Å². The molecule has 1 aliphatic carbocycles. The molecule has 0 bridgehead atoms. The largest absolute Gasteiger partial charge is 0.490 e. The van der Waals surface area contributed by atoms with E-state index in [1.54, 1.807) is 4.90 Å². The number of amides is 1. The van der Waals surface area contributed by atoms with Gasteiger partial charge in [0.25, 0.3) is 0 Å². The lowest BCUT2D eigenvalue weighted by atomic mass is 10.0. The van der Waals surface area contributed by atoms with Crippen LogP contribution in [-0.2, 0) is 6.18 Å². The number of carbonyl (C=O) groups is 2. The first-order chi connectivity index (χ1) is 14.1. The van der Waals surface area contributed by atoms with Crippen molar-refractivity contribution in [1.29, 1.82) is 0 Å². The molecule has 2 heterocycles. The van der Waals surface area contributed by atoms with Gasteiger partial charge in [0.05, 0.1) is 11.7 Å². The molecule has 6 nitrogen and oxygen atoms in total. The molecule has 2 fully saturated rings. The van der Waals surface area contributed by atoms with Crippen LogP contribution in [0.3, 0.4) is 0 Å². The molecule has 3 atom stereocenters. The van der Waals surface area contributed by atoms with E-state index in [1.165, 1.54) is 31.3 Å². The Morgan fingerprint density at radius 3 is 2.40 bits per heavy atom. The summed E-state index contributed by atoms with van der Waals surface area (Å²) in [5.41, 5.74) is -0.626. The summed E-state index contributed by atoms with van der Waals surface area (Å²) in [5, 5.41) is 4.17. The van der Waals surface area contributed by atoms with Gasteiger partial charge in [-0.3, -0.25) is 4.79 Å². The number of fused-ring (bicyclic) bond motifs is 1. The van der Waals surface area contributed by atoms with Gasteiger partial charge in [-0.1, -0.05) is 11.6 Å². The van der Waals surface area contributed by atoms with Gasteiger partial charge in [0.1, 0.15) is 11.4 Å². The molecule has 0 radical (unpaired) electrons. The van der Waals surface area contributed by atoms with Crippen LogP contribution in [0.1, 0.15) is 35.8 Å². The van der Waals surface area contributed by atoms with E-state index < -0.39 is 11.7 Å². The number of halogens is 4. The van der Waals surface area contributed by atoms with E-state index in [0.717, 1.165) is 10.7 Å². The molecule has 1 aliphatic heterocycles. The molecule has 2 aromatic rings. The van der Waals surface area contributed by atoms with Gasteiger partial charge in [-0.15, -0.1) is 0 Å². The molecule has 4 rings (SSSR count). The summed E-state index contributed by atoms with van der Waals surface area (Å²) in [6, 6.07) is 4.48. The number of ether oxygens (including phenoxy) is 1. The molecule has 160 valence electrons. The van der Waals surface area contributed by atoms with Gasteiger partial charge in [-0.05, 0) is 48.9 Å². The minimum atomic E-state index is -4.53. The van der Waals surface area contributed by atoms with E-state index in [2.05, 4.69) is 5.10 Å². The smallest absolute Gasteiger partial charge is 0.419 e. The Labute approximate surface area is 175 Å². The molecule has 0 N–H and O–H groups in total. The number of Topliss-reactive ketones (excluding diaryl/α,β-unsaturated/α-hetero) is 1. The lowest BCUT2D eigenvalue weighted by Gasteiger charge is -2.21. The Morgan fingerprint density at radius 1 is 1.17 bits per heavy atom. The third kappa shape index (κ3) is 4.03. The van der Waals surface area contributed by atoms with Crippen molar-refractivity contribution in [2.24, 2.45) is 11.8 Å². The van der Waals surface area contributed by atoms with Crippen LogP contribution in [0.15, 0.2) is 30.5 Å². The van der Waals surface area contributed by atoms with Crippen molar-refractivity contribution in [2.45, 2.75) is 32.0 Å². The van der Waals surface area contributed by atoms with Gasteiger partial charge < -0.3 is 9.64 Å². The number of ketones is 1. The summed E-state index contributed by atoms with van der Waals surface area (Å²) in [6.45, 7) is 2.32. The maximum Gasteiger partial charge on any atom is 0.419 e. The number of hydrogen-bond donors (Lipinski definition) is 0. The third-order valence-electron chi connectivity index (χ3n) is 5.67. The van der Waals surface area contributed by atoms with Gasteiger partial charge in [0.2, 0.25) is 0 Å². The Balaban J connectivity index is 1.40. The number of alkyl halides is 3. The van der Waals surface area contributed by atoms with Crippen LogP contribution in [0.2, 0.25) is 5.02 Å². The molecular weight excluding hydrogens is 423 g/mol. The highest BCUT2D eigenvalue weighted by molar-refractivity contribution is 6.30. The summed E-state index contributed by atoms with van der Waals surface area (Å²) < 4.78 is 46.6. The topological polar surface area (TPSA) is 64.4 Å². The first-order valence-corrected chi connectivity index (χ1v) is 9.89. The molecule has 30 heavy (non-hydrogen) atoms. The second-order valence-corrected chi connectivity index (χ2v) is 8.20. The normalized spacial score (nSPS) is 23.5. The highest BCUT2D eigenvalue weighted by atomic mass is 35.5. The number of aromatic nitrogens is 2. The minimum Gasteiger partial charge on any atom is -0.490 e. The predicted molar refractivity (Wildman–Crippen MR) is 102 cm³/mol. The van der Waals surface area contributed by atoms with Crippen LogP contribution in [0.25, 0.3) is 0 Å². The number of rotatable bonds is 3. The summed E-state index contributed by atoms with van der Waals surface area (Å²) in [7, 11) is 0. The van der Waals surface area contributed by atoms with Crippen LogP contribution < -0.4 is 4.74 Å². The van der Waals surface area contributed by atoms with Gasteiger partial charge in [-0.2, -0.15) is 23.0 Å². The van der Waals surface area contributed by atoms with Crippen molar-refractivity contribution in [1.82, 2.24) is 14.7 Å². The zero-order valence-corrected chi connectivity index (χ0v) is 16.8. The number of benzene rings is 1. The van der Waals surface area contributed by atoms with Crippen LogP contribution in [0.5, 0.6) is 5.75 Å². The van der Waals surface area contributed by atoms with Gasteiger partial charge in [0, 0.05) is 31.2 Å². The van der Waals surface area contributed by atoms with E-state index in [-0.39, 0.29) is 46.2 Å². The summed E-state index contributed by atoms with van der Waals surface area (Å²) in [4.78, 5) is 25.6. The number of hydrogen-bond acceptors (Lipinski definition) is 4. The highest BCUT2D eigenvalue weighted by Gasteiger charge is 2.44. The van der Waals surface area contributed by atoms with Crippen molar-refractivity contribution in [3.05, 3.63) is 46.7 Å². The van der Waals surface area contributed by atoms with Gasteiger partial charge in [-0.25, -0.2) is 4.79 Å². The molecule has 1 unspecified atom stereocenters. The minimum absolute atomic E-state index is 0.135. The fraction of sp³-hybridized carbons (Fsp3) is 0.450. The fourth-order valence-corrected chi connectivity index (χ4v) is 4.43. The van der Waals surface area contributed by atoms with E-state index in [4.69, 9.17) is 16.3 Å². The van der Waals surface area contributed by atoms with Crippen LogP contribution >= 0.6 is 11.6 Å². The number of nitrogens with zero attached hydrogens (tertiary/aromatic N) is 3. The van der Waals surface area contributed by atoms with Gasteiger partial charge >= 0.3 is 12.2 Å². The lowest BCUT2D eigenvalue weighted by molar-refractivity contribution is -0.139. The lowest BCUT2D eigenvalue weighted by Crippen LogP contribution is -2.34. The standard InChI is InChI=1S/C20H19ClF3N3O3/c1-11(28)17-4-5-27(25-17)19(29)26-9-12-6-15(7-13(12)10-26)30-18-8-14(21)2-3-16(18)20(22,23)24/h2-5,8,12-13,15H,6-7,9-10H2,1H3/t12-,13+,15?. The quantitative estimate of drug-likeness (QED) is 0.657. The third-order valence-corrected chi connectivity index (χ3v) is 5.90. The van der Waals surface area contributed by atoms with Crippen molar-refractivity contribution in [2.75, 3.05) is 13.1 Å². The van der Waals surface area contributed by atoms with Crippen LogP contribution in [0, 0.1) is 11.8 Å². The fourth-order valence-electron chi connectivity index (χ4n) is 4.27. The average molecular weight is 442 g/mol. The molecular formula is C20H19ClF3N3O3. The zero-order chi connectivity index (χ0) is 21.6. The predicted octanol–water partition coefficient (Wildman–Crippen LogP) is 4.52. The van der Waals surface area contributed by atoms with E-state index in [9.17, 15) is 22.8 Å². The summed E-state index contributed by atoms with van der Waals surface area (Å²) in [6.07, 6.45) is -2.34. The highest BCUT2D eigenvalue weighted by Crippen LogP contribution is 2.43. The molecule has 10 heteroatoms. The maximum atomic E-state index is 13.2. The molecule has 1 aromatic carbocycles. The Bertz CT molecular complexity index is 977. The van der Waals surface area contributed by atoms with Crippen LogP contribution in [0.4, 0.5) is 18.0 Å².